The number of amides is 1. The van der Waals surface area contributed by atoms with E-state index in [1.165, 1.54) is 4.90 Å². The van der Waals surface area contributed by atoms with Gasteiger partial charge in [0.05, 0.1) is 0 Å². The van der Waals surface area contributed by atoms with E-state index in [9.17, 15) is 4.79 Å². The van der Waals surface area contributed by atoms with Crippen molar-refractivity contribution < 1.29 is 18.8 Å². The van der Waals surface area contributed by atoms with Crippen LogP contribution < -0.4 is 0 Å². The molecule has 3 aromatic rings. The zero-order valence-electron chi connectivity index (χ0n) is 12.9. The summed E-state index contributed by atoms with van der Waals surface area (Å²) in [5.74, 6) is 1.87. The van der Waals surface area contributed by atoms with Gasteiger partial charge in [-0.3, -0.25) is 4.98 Å². The number of likely N-dealkylation sites (tertiary alicyclic amines) is 1. The summed E-state index contributed by atoms with van der Waals surface area (Å²) >= 11 is 0. The van der Waals surface area contributed by atoms with E-state index in [1.54, 1.807) is 18.5 Å². The third-order valence-corrected chi connectivity index (χ3v) is 4.35. The lowest BCUT2D eigenvalue weighted by Gasteiger charge is -2.29. The quantitative estimate of drug-likeness (QED) is 0.788. The van der Waals surface area contributed by atoms with Crippen LogP contribution in [0.15, 0.2) is 33.5 Å². The highest BCUT2D eigenvalue weighted by atomic mass is 16.5. The molecule has 0 unspecified atom stereocenters. The second kappa shape index (κ2) is 5.95. The SMILES string of the molecule is O=C(O)N1CCC(Cc2noc(-c3cc4cnccc4o3)n2)CC1. The smallest absolute Gasteiger partial charge is 0.407 e. The predicted octanol–water partition coefficient (Wildman–Crippen LogP) is 2.81. The van der Waals surface area contributed by atoms with Gasteiger partial charge >= 0.3 is 6.09 Å². The number of nitrogens with zero attached hydrogens (tertiary/aromatic N) is 4. The normalized spacial score (nSPS) is 15.9. The predicted molar refractivity (Wildman–Crippen MR) is 83.3 cm³/mol. The average molecular weight is 328 g/mol. The topological polar surface area (TPSA) is 105 Å². The highest BCUT2D eigenvalue weighted by molar-refractivity contribution is 5.80. The van der Waals surface area contributed by atoms with Crippen LogP contribution in [0.5, 0.6) is 0 Å². The van der Waals surface area contributed by atoms with Crippen molar-refractivity contribution in [3.05, 3.63) is 30.4 Å². The van der Waals surface area contributed by atoms with Gasteiger partial charge in [0.15, 0.2) is 11.6 Å². The molecule has 124 valence electrons. The molecular formula is C16H16N4O4. The Hall–Kier alpha value is -2.90. The van der Waals surface area contributed by atoms with Crippen LogP contribution in [0.4, 0.5) is 4.79 Å². The number of rotatable bonds is 3. The summed E-state index contributed by atoms with van der Waals surface area (Å²) in [6.45, 7) is 1.11. The van der Waals surface area contributed by atoms with E-state index in [2.05, 4.69) is 15.1 Å². The fraction of sp³-hybridized carbons (Fsp3) is 0.375. The molecule has 0 bridgehead atoms. The van der Waals surface area contributed by atoms with Gasteiger partial charge in [0.25, 0.3) is 5.89 Å². The van der Waals surface area contributed by atoms with Crippen LogP contribution in [0, 0.1) is 5.92 Å². The molecule has 1 saturated heterocycles. The lowest BCUT2D eigenvalue weighted by atomic mass is 9.93. The molecular weight excluding hydrogens is 312 g/mol. The Bertz CT molecular complexity index is 831. The molecule has 1 amide bonds. The third-order valence-electron chi connectivity index (χ3n) is 4.35. The second-order valence-corrected chi connectivity index (χ2v) is 5.96. The Morgan fingerprint density at radius 1 is 1.38 bits per heavy atom. The number of furan rings is 1. The van der Waals surface area contributed by atoms with E-state index in [0.717, 1.165) is 23.8 Å². The highest BCUT2D eigenvalue weighted by Gasteiger charge is 2.24. The Kier molecular flexibility index (Phi) is 3.64. The molecule has 24 heavy (non-hydrogen) atoms. The van der Waals surface area contributed by atoms with Gasteiger partial charge in [-0.2, -0.15) is 4.98 Å². The molecule has 0 radical (unpaired) electrons. The molecule has 4 heterocycles. The molecule has 1 aliphatic rings. The standard InChI is InChI=1S/C16H16N4O4/c21-16(22)20-5-2-10(3-6-20)7-14-18-15(24-19-14)13-8-11-9-17-4-1-12(11)23-13/h1,4,8-10H,2-3,5-7H2,(H,21,22). The van der Waals surface area contributed by atoms with Gasteiger partial charge in [-0.15, -0.1) is 0 Å². The number of hydrogen-bond donors (Lipinski definition) is 1. The summed E-state index contributed by atoms with van der Waals surface area (Å²) in [4.78, 5) is 20.8. The van der Waals surface area contributed by atoms with Gasteiger partial charge in [0.2, 0.25) is 0 Å². The van der Waals surface area contributed by atoms with E-state index < -0.39 is 6.09 Å². The van der Waals surface area contributed by atoms with Crippen molar-refractivity contribution in [2.24, 2.45) is 5.92 Å². The number of piperidine rings is 1. The molecule has 0 aliphatic carbocycles. The first-order valence-electron chi connectivity index (χ1n) is 7.83. The van der Waals surface area contributed by atoms with Crippen LogP contribution >= 0.6 is 0 Å². The Morgan fingerprint density at radius 3 is 2.96 bits per heavy atom. The molecule has 8 nitrogen and oxygen atoms in total. The number of fused-ring (bicyclic) bond motifs is 1. The van der Waals surface area contributed by atoms with Crippen LogP contribution in [0.2, 0.25) is 0 Å². The molecule has 1 N–H and O–H groups in total. The first-order chi connectivity index (χ1) is 11.7. The molecule has 0 spiro atoms. The molecule has 1 fully saturated rings. The fourth-order valence-electron chi connectivity index (χ4n) is 3.01. The lowest BCUT2D eigenvalue weighted by Crippen LogP contribution is -2.37. The van der Waals surface area contributed by atoms with E-state index >= 15 is 0 Å². The summed E-state index contributed by atoms with van der Waals surface area (Å²) in [5, 5.41) is 13.9. The third kappa shape index (κ3) is 2.82. The number of carboxylic acid groups (broad SMARTS) is 1. The lowest BCUT2D eigenvalue weighted by molar-refractivity contribution is 0.124. The maximum atomic E-state index is 10.9. The zero-order chi connectivity index (χ0) is 16.5. The van der Waals surface area contributed by atoms with Crippen molar-refractivity contribution >= 4 is 17.1 Å². The second-order valence-electron chi connectivity index (χ2n) is 5.96. The van der Waals surface area contributed by atoms with Crippen LogP contribution in [0.3, 0.4) is 0 Å². The average Bonchev–Trinajstić information content (AvgIpc) is 3.21. The van der Waals surface area contributed by atoms with Crippen molar-refractivity contribution in [1.29, 1.82) is 0 Å². The minimum absolute atomic E-state index is 0.351. The van der Waals surface area contributed by atoms with Gasteiger partial charge in [-0.05, 0) is 30.9 Å². The molecule has 3 aromatic heterocycles. The van der Waals surface area contributed by atoms with Gasteiger partial charge < -0.3 is 18.9 Å². The van der Waals surface area contributed by atoms with E-state index in [4.69, 9.17) is 14.0 Å². The maximum Gasteiger partial charge on any atom is 0.407 e. The van der Waals surface area contributed by atoms with Crippen molar-refractivity contribution in [1.82, 2.24) is 20.0 Å². The summed E-state index contributed by atoms with van der Waals surface area (Å²) in [7, 11) is 0. The summed E-state index contributed by atoms with van der Waals surface area (Å²) in [6, 6.07) is 3.61. The van der Waals surface area contributed by atoms with Gasteiger partial charge in [-0.1, -0.05) is 5.16 Å². The van der Waals surface area contributed by atoms with Crippen molar-refractivity contribution in [2.45, 2.75) is 19.3 Å². The monoisotopic (exact) mass is 328 g/mol. The maximum absolute atomic E-state index is 10.9. The van der Waals surface area contributed by atoms with Gasteiger partial charge in [0.1, 0.15) is 5.58 Å². The first-order valence-corrected chi connectivity index (χ1v) is 7.83. The van der Waals surface area contributed by atoms with Crippen LogP contribution in [0.25, 0.3) is 22.6 Å². The summed E-state index contributed by atoms with van der Waals surface area (Å²) in [6.07, 6.45) is 4.83. The highest BCUT2D eigenvalue weighted by Crippen LogP contribution is 2.27. The number of pyridine rings is 1. The summed E-state index contributed by atoms with van der Waals surface area (Å²) in [5.41, 5.74) is 0.723. The number of aromatic nitrogens is 3. The molecule has 0 aromatic carbocycles. The summed E-state index contributed by atoms with van der Waals surface area (Å²) < 4.78 is 11.0. The first kappa shape index (κ1) is 14.7. The van der Waals surface area contributed by atoms with E-state index in [1.807, 2.05) is 6.07 Å². The van der Waals surface area contributed by atoms with Crippen LogP contribution in [-0.2, 0) is 6.42 Å². The fourth-order valence-corrected chi connectivity index (χ4v) is 3.01. The number of hydrogen-bond acceptors (Lipinski definition) is 6. The van der Waals surface area contributed by atoms with Crippen molar-refractivity contribution in [2.75, 3.05) is 13.1 Å². The van der Waals surface area contributed by atoms with E-state index in [0.29, 0.717) is 42.9 Å². The molecule has 0 atom stereocenters. The largest absolute Gasteiger partial charge is 0.465 e. The number of carbonyl (C=O) groups is 1. The van der Waals surface area contributed by atoms with Crippen LogP contribution in [-0.4, -0.2) is 44.3 Å². The zero-order valence-corrected chi connectivity index (χ0v) is 12.9. The molecule has 1 aliphatic heterocycles. The Labute approximate surface area is 137 Å². The van der Waals surface area contributed by atoms with Crippen molar-refractivity contribution in [3.63, 3.8) is 0 Å². The van der Waals surface area contributed by atoms with Gasteiger partial charge in [-0.25, -0.2) is 4.79 Å². The Balaban J connectivity index is 1.44. The van der Waals surface area contributed by atoms with Crippen molar-refractivity contribution in [3.8, 4) is 11.7 Å². The van der Waals surface area contributed by atoms with Gasteiger partial charge in [0, 0.05) is 37.3 Å². The molecule has 0 saturated carbocycles. The Morgan fingerprint density at radius 2 is 2.21 bits per heavy atom. The minimum atomic E-state index is -0.852. The van der Waals surface area contributed by atoms with E-state index in [-0.39, 0.29) is 0 Å². The molecule has 8 heteroatoms. The van der Waals surface area contributed by atoms with Crippen LogP contribution in [0.1, 0.15) is 18.7 Å². The minimum Gasteiger partial charge on any atom is -0.465 e. The molecule has 4 rings (SSSR count).